The molecule has 0 nitrogen and oxygen atoms in total. The van der Waals surface area contributed by atoms with Crippen molar-refractivity contribution in [2.24, 2.45) is 0 Å². The number of halogens is 1. The minimum absolute atomic E-state index is 0.992. The van der Waals surface area contributed by atoms with Gasteiger partial charge >= 0.3 is 0 Å². The average Bonchev–Trinajstić information content (AvgIpc) is 2.53. The first-order valence-electron chi connectivity index (χ1n) is 4.14. The van der Waals surface area contributed by atoms with Crippen molar-refractivity contribution in [3.8, 4) is 0 Å². The van der Waals surface area contributed by atoms with E-state index in [1.54, 1.807) is 0 Å². The lowest BCUT2D eigenvalue weighted by Crippen LogP contribution is -1.73. The van der Waals surface area contributed by atoms with Gasteiger partial charge < -0.3 is 0 Å². The van der Waals surface area contributed by atoms with Gasteiger partial charge in [-0.05, 0) is 24.3 Å². The van der Waals surface area contributed by atoms with Crippen molar-refractivity contribution in [1.82, 2.24) is 0 Å². The smallest absolute Gasteiger partial charge is 0.0601 e. The molecule has 0 aromatic carbocycles. The van der Waals surface area contributed by atoms with Gasteiger partial charge in [-0.2, -0.15) is 0 Å². The van der Waals surface area contributed by atoms with Gasteiger partial charge in [-0.1, -0.05) is 29.3 Å². The SMILES string of the molecule is CCCCSc1ccc(CBr)s1. The van der Waals surface area contributed by atoms with Gasteiger partial charge in [0.25, 0.3) is 0 Å². The molecule has 68 valence electrons. The molecule has 1 rings (SSSR count). The summed E-state index contributed by atoms with van der Waals surface area (Å²) in [6.45, 7) is 2.24. The summed E-state index contributed by atoms with van der Waals surface area (Å²) in [4.78, 5) is 1.42. The maximum Gasteiger partial charge on any atom is 0.0601 e. The van der Waals surface area contributed by atoms with Crippen LogP contribution >= 0.6 is 39.0 Å². The monoisotopic (exact) mass is 264 g/mol. The van der Waals surface area contributed by atoms with Gasteiger partial charge in [0.2, 0.25) is 0 Å². The molecule has 0 bridgehead atoms. The summed E-state index contributed by atoms with van der Waals surface area (Å²) >= 11 is 7.33. The molecule has 0 unspecified atom stereocenters. The van der Waals surface area contributed by atoms with Gasteiger partial charge in [-0.25, -0.2) is 0 Å². The molecule has 0 aliphatic heterocycles. The first-order chi connectivity index (χ1) is 5.86. The first kappa shape index (κ1) is 10.6. The molecule has 3 heteroatoms. The molecule has 0 fully saturated rings. The van der Waals surface area contributed by atoms with E-state index in [9.17, 15) is 0 Å². The second-order valence-corrected chi connectivity index (χ2v) is 5.68. The number of alkyl halides is 1. The number of thiophene rings is 1. The third kappa shape index (κ3) is 3.50. The van der Waals surface area contributed by atoms with Crippen LogP contribution in [0.25, 0.3) is 0 Å². The molecule has 0 N–H and O–H groups in total. The molecule has 12 heavy (non-hydrogen) atoms. The van der Waals surface area contributed by atoms with Crippen molar-refractivity contribution in [3.63, 3.8) is 0 Å². The summed E-state index contributed by atoms with van der Waals surface area (Å²) in [5.41, 5.74) is 0. The van der Waals surface area contributed by atoms with E-state index >= 15 is 0 Å². The van der Waals surface area contributed by atoms with Gasteiger partial charge in [0, 0.05) is 10.2 Å². The first-order valence-corrected chi connectivity index (χ1v) is 7.06. The van der Waals surface area contributed by atoms with E-state index in [1.165, 1.54) is 27.7 Å². The molecule has 0 saturated carbocycles. The van der Waals surface area contributed by atoms with Gasteiger partial charge in [-0.15, -0.1) is 23.1 Å². The van der Waals surface area contributed by atoms with Gasteiger partial charge in [0.15, 0.2) is 0 Å². The summed E-state index contributed by atoms with van der Waals surface area (Å²) in [5.74, 6) is 1.26. The van der Waals surface area contributed by atoms with Crippen LogP contribution in [0.2, 0.25) is 0 Å². The minimum Gasteiger partial charge on any atom is -0.133 e. The van der Waals surface area contributed by atoms with Gasteiger partial charge in [0.05, 0.1) is 4.21 Å². The third-order valence-corrected chi connectivity index (χ3v) is 4.88. The summed E-state index contributed by atoms with van der Waals surface area (Å²) in [7, 11) is 0. The van der Waals surface area contributed by atoms with Crippen LogP contribution in [0.5, 0.6) is 0 Å². The van der Waals surface area contributed by atoms with Crippen LogP contribution in [0.4, 0.5) is 0 Å². The highest BCUT2D eigenvalue weighted by atomic mass is 79.9. The highest BCUT2D eigenvalue weighted by Crippen LogP contribution is 2.28. The molecule has 0 amide bonds. The van der Waals surface area contributed by atoms with Crippen molar-refractivity contribution in [1.29, 1.82) is 0 Å². The lowest BCUT2D eigenvalue weighted by atomic mass is 10.4. The summed E-state index contributed by atoms with van der Waals surface area (Å²) in [5, 5.41) is 0.992. The van der Waals surface area contributed by atoms with E-state index in [2.05, 4.69) is 35.0 Å². The standard InChI is InChI=1S/C9H13BrS2/c1-2-3-6-11-9-5-4-8(7-10)12-9/h4-5H,2-3,6-7H2,1H3. The van der Waals surface area contributed by atoms with Crippen LogP contribution in [-0.4, -0.2) is 5.75 Å². The lowest BCUT2D eigenvalue weighted by Gasteiger charge is -1.94. The Hall–Kier alpha value is 0.530. The fourth-order valence-corrected chi connectivity index (χ4v) is 3.55. The largest absolute Gasteiger partial charge is 0.133 e. The fourth-order valence-electron chi connectivity index (χ4n) is 0.825. The van der Waals surface area contributed by atoms with E-state index in [0.717, 1.165) is 5.33 Å². The number of hydrogen-bond donors (Lipinski definition) is 0. The molecule has 0 saturated heterocycles. The second kappa shape index (κ2) is 6.06. The predicted molar refractivity (Wildman–Crippen MR) is 62.6 cm³/mol. The molecule has 0 radical (unpaired) electrons. The minimum atomic E-state index is 0.992. The Bertz CT molecular complexity index is 220. The Kier molecular flexibility index (Phi) is 5.35. The molecule has 0 spiro atoms. The molecule has 0 atom stereocenters. The molecule has 1 aromatic rings. The number of unbranched alkanes of at least 4 members (excludes halogenated alkanes) is 1. The van der Waals surface area contributed by atoms with Crippen LogP contribution in [0, 0.1) is 0 Å². The van der Waals surface area contributed by atoms with Crippen LogP contribution < -0.4 is 0 Å². The van der Waals surface area contributed by atoms with Crippen molar-refractivity contribution < 1.29 is 0 Å². The predicted octanol–water partition coefficient (Wildman–Crippen LogP) is 4.54. The van der Waals surface area contributed by atoms with Crippen molar-refractivity contribution in [2.75, 3.05) is 5.75 Å². The number of rotatable bonds is 5. The zero-order valence-corrected chi connectivity index (χ0v) is 10.4. The molecular formula is C9H13BrS2. The molecule has 0 aliphatic carbocycles. The van der Waals surface area contributed by atoms with E-state index < -0.39 is 0 Å². The van der Waals surface area contributed by atoms with E-state index in [4.69, 9.17) is 0 Å². The Labute approximate surface area is 90.9 Å². The van der Waals surface area contributed by atoms with Crippen LogP contribution in [-0.2, 0) is 5.33 Å². The van der Waals surface area contributed by atoms with E-state index in [1.807, 2.05) is 23.1 Å². The van der Waals surface area contributed by atoms with E-state index in [-0.39, 0.29) is 0 Å². The van der Waals surface area contributed by atoms with Crippen molar-refractivity contribution >= 4 is 39.0 Å². The van der Waals surface area contributed by atoms with Crippen LogP contribution in [0.1, 0.15) is 24.6 Å². The van der Waals surface area contributed by atoms with Crippen molar-refractivity contribution in [3.05, 3.63) is 17.0 Å². The molecule has 1 heterocycles. The highest BCUT2D eigenvalue weighted by molar-refractivity contribution is 9.08. The van der Waals surface area contributed by atoms with Gasteiger partial charge in [-0.3, -0.25) is 0 Å². The zero-order chi connectivity index (χ0) is 8.81. The Morgan fingerprint density at radius 3 is 2.92 bits per heavy atom. The fraction of sp³-hybridized carbons (Fsp3) is 0.556. The molecular weight excluding hydrogens is 252 g/mol. The third-order valence-electron chi connectivity index (χ3n) is 1.51. The second-order valence-electron chi connectivity index (χ2n) is 2.56. The zero-order valence-electron chi connectivity index (χ0n) is 7.18. The number of thioether (sulfide) groups is 1. The summed E-state index contributed by atoms with van der Waals surface area (Å²) < 4.78 is 1.46. The van der Waals surface area contributed by atoms with Gasteiger partial charge in [0.1, 0.15) is 0 Å². The lowest BCUT2D eigenvalue weighted by molar-refractivity contribution is 0.896. The summed E-state index contributed by atoms with van der Waals surface area (Å²) in [6.07, 6.45) is 2.62. The maximum atomic E-state index is 3.45. The van der Waals surface area contributed by atoms with Crippen LogP contribution in [0.3, 0.4) is 0 Å². The van der Waals surface area contributed by atoms with E-state index in [0.29, 0.717) is 0 Å². The Morgan fingerprint density at radius 1 is 1.50 bits per heavy atom. The molecule has 1 aromatic heterocycles. The highest BCUT2D eigenvalue weighted by Gasteiger charge is 1.98. The summed E-state index contributed by atoms with van der Waals surface area (Å²) in [6, 6.07) is 4.43. The van der Waals surface area contributed by atoms with Crippen molar-refractivity contribution in [2.45, 2.75) is 29.3 Å². The van der Waals surface area contributed by atoms with Crippen LogP contribution in [0.15, 0.2) is 16.3 Å². The Morgan fingerprint density at radius 2 is 2.33 bits per heavy atom. The average molecular weight is 265 g/mol. The maximum absolute atomic E-state index is 3.45. The Balaban J connectivity index is 2.31. The number of hydrogen-bond acceptors (Lipinski definition) is 2. The normalized spacial score (nSPS) is 10.5. The topological polar surface area (TPSA) is 0 Å². The quantitative estimate of drug-likeness (QED) is 0.428. The molecule has 0 aliphatic rings.